The van der Waals surface area contributed by atoms with Crippen LogP contribution in [-0.4, -0.2) is 15.3 Å². The molecule has 20 heavy (non-hydrogen) atoms. The largest absolute Gasteiger partial charge is 0.328 e. The Morgan fingerprint density at radius 2 is 2.05 bits per heavy atom. The second kappa shape index (κ2) is 6.51. The molecular weight excluding hydrogens is 248 g/mol. The Kier molecular flexibility index (Phi) is 4.72. The molecule has 2 rings (SSSR count). The Morgan fingerprint density at radius 3 is 2.70 bits per heavy atom. The molecule has 0 aliphatic heterocycles. The summed E-state index contributed by atoms with van der Waals surface area (Å²) in [6, 6.07) is 8.08. The summed E-state index contributed by atoms with van der Waals surface area (Å²) < 4.78 is 2.18. The van der Waals surface area contributed by atoms with Crippen LogP contribution in [-0.2, 0) is 17.8 Å². The van der Waals surface area contributed by atoms with Gasteiger partial charge in [0.15, 0.2) is 5.78 Å². The van der Waals surface area contributed by atoms with Crippen LogP contribution in [0.25, 0.3) is 11.0 Å². The summed E-state index contributed by atoms with van der Waals surface area (Å²) in [7, 11) is 0. The summed E-state index contributed by atoms with van der Waals surface area (Å²) in [5.41, 5.74) is 2.98. The van der Waals surface area contributed by atoms with Crippen LogP contribution in [0, 0.1) is 0 Å². The van der Waals surface area contributed by atoms with Crippen molar-refractivity contribution in [3.05, 3.63) is 41.7 Å². The molecule has 0 bridgehead atoms. The fourth-order valence-electron chi connectivity index (χ4n) is 2.55. The zero-order valence-corrected chi connectivity index (χ0v) is 12.5. The molecular formula is C17H22N2O. The lowest BCUT2D eigenvalue weighted by atomic mass is 10.1. The molecule has 0 atom stereocenters. The van der Waals surface area contributed by atoms with Crippen LogP contribution in [0.2, 0.25) is 0 Å². The average molecular weight is 270 g/mol. The van der Waals surface area contributed by atoms with Crippen molar-refractivity contribution in [2.75, 3.05) is 0 Å². The van der Waals surface area contributed by atoms with Crippen molar-refractivity contribution in [1.82, 2.24) is 9.55 Å². The van der Waals surface area contributed by atoms with Crippen LogP contribution >= 0.6 is 0 Å². The van der Waals surface area contributed by atoms with Gasteiger partial charge in [-0.15, -0.1) is 0 Å². The topological polar surface area (TPSA) is 34.9 Å². The summed E-state index contributed by atoms with van der Waals surface area (Å²) in [6.07, 6.45) is 4.12. The van der Waals surface area contributed by atoms with Crippen molar-refractivity contribution in [2.24, 2.45) is 0 Å². The van der Waals surface area contributed by atoms with Crippen molar-refractivity contribution >= 4 is 16.8 Å². The van der Waals surface area contributed by atoms with E-state index in [4.69, 9.17) is 0 Å². The molecule has 1 heterocycles. The lowest BCUT2D eigenvalue weighted by Crippen LogP contribution is -2.12. The van der Waals surface area contributed by atoms with Gasteiger partial charge in [-0.1, -0.05) is 32.1 Å². The summed E-state index contributed by atoms with van der Waals surface area (Å²) in [4.78, 5) is 16.9. The van der Waals surface area contributed by atoms with Crippen molar-refractivity contribution in [3.63, 3.8) is 0 Å². The quantitative estimate of drug-likeness (QED) is 0.746. The van der Waals surface area contributed by atoms with Gasteiger partial charge in [0.1, 0.15) is 5.82 Å². The first-order valence-electron chi connectivity index (χ1n) is 7.33. The number of rotatable bonds is 6. The predicted molar refractivity (Wildman–Crippen MR) is 82.8 cm³/mol. The average Bonchev–Trinajstić information content (AvgIpc) is 2.79. The molecule has 0 saturated carbocycles. The Balaban J connectivity index is 2.38. The molecule has 2 aromatic rings. The standard InChI is InChI=1S/C17H22N2O/c1-4-11-19-15-10-8-7-9-14(15)18-17(19)12-16(20)13(5-2)6-3/h5,7-10H,4,6,11-12H2,1-3H3/b13-5+. The van der Waals surface area contributed by atoms with E-state index in [1.165, 1.54) is 0 Å². The van der Waals surface area contributed by atoms with Crippen LogP contribution in [0.3, 0.4) is 0 Å². The number of Topliss-reactive ketones (excluding diaryl/α,β-unsaturated/α-hetero) is 1. The molecule has 0 amide bonds. The van der Waals surface area contributed by atoms with Gasteiger partial charge in [0, 0.05) is 6.54 Å². The van der Waals surface area contributed by atoms with Gasteiger partial charge in [-0.25, -0.2) is 4.98 Å². The van der Waals surface area contributed by atoms with Crippen molar-refractivity contribution in [2.45, 2.75) is 46.6 Å². The minimum Gasteiger partial charge on any atom is -0.328 e. The molecule has 3 nitrogen and oxygen atoms in total. The minimum atomic E-state index is 0.183. The first kappa shape index (κ1) is 14.5. The molecule has 0 saturated heterocycles. The van der Waals surface area contributed by atoms with Gasteiger partial charge in [-0.05, 0) is 37.5 Å². The van der Waals surface area contributed by atoms with Gasteiger partial charge < -0.3 is 4.57 Å². The van der Waals surface area contributed by atoms with Crippen molar-refractivity contribution in [1.29, 1.82) is 0 Å². The lowest BCUT2D eigenvalue weighted by molar-refractivity contribution is -0.115. The van der Waals surface area contributed by atoms with Crippen LogP contribution in [0.4, 0.5) is 0 Å². The minimum absolute atomic E-state index is 0.183. The summed E-state index contributed by atoms with van der Waals surface area (Å²) in [5.74, 6) is 1.06. The Hall–Kier alpha value is -1.90. The Morgan fingerprint density at radius 1 is 1.30 bits per heavy atom. The maximum Gasteiger partial charge on any atom is 0.166 e. The molecule has 0 aliphatic carbocycles. The zero-order valence-electron chi connectivity index (χ0n) is 12.5. The number of benzene rings is 1. The lowest BCUT2D eigenvalue weighted by Gasteiger charge is -2.08. The smallest absolute Gasteiger partial charge is 0.166 e. The highest BCUT2D eigenvalue weighted by atomic mass is 16.1. The molecule has 1 aromatic heterocycles. The van der Waals surface area contributed by atoms with Crippen LogP contribution in [0.15, 0.2) is 35.9 Å². The van der Waals surface area contributed by atoms with Gasteiger partial charge in [0.05, 0.1) is 17.5 Å². The molecule has 106 valence electrons. The molecule has 3 heteroatoms. The first-order chi connectivity index (χ1) is 9.71. The fourth-order valence-corrected chi connectivity index (χ4v) is 2.55. The van der Waals surface area contributed by atoms with Gasteiger partial charge in [-0.3, -0.25) is 4.79 Å². The van der Waals surface area contributed by atoms with Crippen LogP contribution in [0.5, 0.6) is 0 Å². The molecule has 1 aromatic carbocycles. The van der Waals surface area contributed by atoms with E-state index >= 15 is 0 Å². The first-order valence-corrected chi connectivity index (χ1v) is 7.33. The SMILES string of the molecule is C/C=C(\CC)C(=O)Cc1nc2ccccc2n1CCC. The number of aromatic nitrogens is 2. The van der Waals surface area contributed by atoms with E-state index in [0.717, 1.165) is 41.8 Å². The maximum atomic E-state index is 12.3. The van der Waals surface area contributed by atoms with E-state index in [0.29, 0.717) is 6.42 Å². The van der Waals surface area contributed by atoms with E-state index in [1.807, 2.05) is 38.1 Å². The van der Waals surface area contributed by atoms with Crippen LogP contribution in [0.1, 0.15) is 39.4 Å². The fraction of sp³-hybridized carbons (Fsp3) is 0.412. The number of allylic oxidation sites excluding steroid dienone is 2. The highest BCUT2D eigenvalue weighted by molar-refractivity contribution is 5.96. The number of carbonyl (C=O) groups is 1. The van der Waals surface area contributed by atoms with Crippen molar-refractivity contribution in [3.8, 4) is 0 Å². The number of hydrogen-bond acceptors (Lipinski definition) is 2. The number of fused-ring (bicyclic) bond motifs is 1. The van der Waals surface area contributed by atoms with E-state index < -0.39 is 0 Å². The summed E-state index contributed by atoms with van der Waals surface area (Å²) >= 11 is 0. The monoisotopic (exact) mass is 270 g/mol. The highest BCUT2D eigenvalue weighted by Crippen LogP contribution is 2.18. The molecule has 0 spiro atoms. The van der Waals surface area contributed by atoms with E-state index in [9.17, 15) is 4.79 Å². The molecule has 0 fully saturated rings. The molecule has 0 N–H and O–H groups in total. The van der Waals surface area contributed by atoms with Crippen molar-refractivity contribution < 1.29 is 4.79 Å². The summed E-state index contributed by atoms with van der Waals surface area (Å²) in [5, 5.41) is 0. The number of imidazole rings is 1. The number of nitrogens with zero attached hydrogens (tertiary/aromatic N) is 2. The maximum absolute atomic E-state index is 12.3. The number of aryl methyl sites for hydroxylation is 1. The second-order valence-corrected chi connectivity index (χ2v) is 4.94. The third kappa shape index (κ3) is 2.82. The van der Waals surface area contributed by atoms with Gasteiger partial charge >= 0.3 is 0 Å². The van der Waals surface area contributed by atoms with E-state index in [1.54, 1.807) is 0 Å². The van der Waals surface area contributed by atoms with Gasteiger partial charge in [-0.2, -0.15) is 0 Å². The van der Waals surface area contributed by atoms with Crippen LogP contribution < -0.4 is 0 Å². The molecule has 0 aliphatic rings. The number of ketones is 1. The number of hydrogen-bond donors (Lipinski definition) is 0. The van der Waals surface area contributed by atoms with Gasteiger partial charge in [0.25, 0.3) is 0 Å². The second-order valence-electron chi connectivity index (χ2n) is 4.94. The number of para-hydroxylation sites is 2. The highest BCUT2D eigenvalue weighted by Gasteiger charge is 2.15. The zero-order chi connectivity index (χ0) is 14.5. The van der Waals surface area contributed by atoms with E-state index in [2.05, 4.69) is 22.5 Å². The summed E-state index contributed by atoms with van der Waals surface area (Å²) in [6.45, 7) is 6.98. The Bertz CT molecular complexity index is 637. The predicted octanol–water partition coefficient (Wildman–Crippen LogP) is 3.91. The molecule has 0 unspecified atom stereocenters. The molecule has 0 radical (unpaired) electrons. The number of carbonyl (C=O) groups excluding carboxylic acids is 1. The normalized spacial score (nSPS) is 12.1. The van der Waals surface area contributed by atoms with E-state index in [-0.39, 0.29) is 5.78 Å². The van der Waals surface area contributed by atoms with Gasteiger partial charge in [0.2, 0.25) is 0 Å². The third-order valence-corrected chi connectivity index (χ3v) is 3.59. The Labute approximate surface area is 120 Å². The third-order valence-electron chi connectivity index (χ3n) is 3.59.